The number of para-hydroxylation sites is 2. The number of ether oxygens (including phenoxy) is 2. The molecule has 274 valence electrons. The molecule has 9 heteroatoms. The Balaban J connectivity index is 0.990. The molecular formula is C43H52N4O5. The van der Waals surface area contributed by atoms with Crippen LogP contribution in [-0.2, 0) is 32.2 Å². The number of likely N-dealkylation sites (tertiary alicyclic amines) is 1. The average molecular weight is 705 g/mol. The first-order chi connectivity index (χ1) is 25.4. The van der Waals surface area contributed by atoms with Crippen molar-refractivity contribution in [3.8, 4) is 11.1 Å². The number of rotatable bonds is 15. The van der Waals surface area contributed by atoms with Gasteiger partial charge in [-0.2, -0.15) is 0 Å². The van der Waals surface area contributed by atoms with Crippen molar-refractivity contribution < 1.29 is 24.2 Å². The fourth-order valence-corrected chi connectivity index (χ4v) is 7.02. The minimum absolute atomic E-state index is 0.00461. The van der Waals surface area contributed by atoms with Crippen LogP contribution in [0.1, 0.15) is 92.4 Å². The summed E-state index contributed by atoms with van der Waals surface area (Å²) >= 11 is 0. The first kappa shape index (κ1) is 37.2. The number of carbonyl (C=O) groups excluding carboxylic acids is 2. The zero-order valence-corrected chi connectivity index (χ0v) is 30.0. The van der Waals surface area contributed by atoms with E-state index in [0.29, 0.717) is 37.2 Å². The fraction of sp³-hybridized carbons (Fsp3) is 0.395. The Hall–Kier alpha value is -4.54. The highest BCUT2D eigenvalue weighted by Crippen LogP contribution is 2.39. The monoisotopic (exact) mass is 704 g/mol. The van der Waals surface area contributed by atoms with Crippen molar-refractivity contribution in [3.05, 3.63) is 119 Å². The van der Waals surface area contributed by atoms with Gasteiger partial charge in [-0.15, -0.1) is 0 Å². The smallest absolute Gasteiger partial charge is 0.224 e. The minimum atomic E-state index is -0.479. The van der Waals surface area contributed by atoms with Gasteiger partial charge in [-0.1, -0.05) is 91.7 Å². The number of hydrogen-bond donors (Lipinski definition) is 4. The lowest BCUT2D eigenvalue weighted by molar-refractivity contribution is -0.253. The molecule has 4 aromatic rings. The molecule has 2 saturated heterocycles. The van der Waals surface area contributed by atoms with Crippen molar-refractivity contribution in [2.75, 3.05) is 30.7 Å². The molecule has 2 fully saturated rings. The van der Waals surface area contributed by atoms with Crippen LogP contribution in [0.3, 0.4) is 0 Å². The van der Waals surface area contributed by atoms with Gasteiger partial charge in [0.25, 0.3) is 0 Å². The van der Waals surface area contributed by atoms with Gasteiger partial charge in [-0.3, -0.25) is 9.59 Å². The number of aliphatic hydroxyl groups is 1. The zero-order chi connectivity index (χ0) is 36.1. The summed E-state index contributed by atoms with van der Waals surface area (Å²) in [4.78, 5) is 27.3. The predicted molar refractivity (Wildman–Crippen MR) is 205 cm³/mol. The molecule has 2 heterocycles. The number of piperidine rings is 1. The molecule has 0 saturated carbocycles. The van der Waals surface area contributed by atoms with E-state index in [1.807, 2.05) is 36.4 Å². The van der Waals surface area contributed by atoms with Crippen molar-refractivity contribution in [3.63, 3.8) is 0 Å². The second-order valence-corrected chi connectivity index (χ2v) is 14.0. The molecule has 2 aliphatic heterocycles. The number of hydrogen-bond acceptors (Lipinski definition) is 7. The molecule has 0 bridgehead atoms. The van der Waals surface area contributed by atoms with Gasteiger partial charge in [0.2, 0.25) is 11.8 Å². The van der Waals surface area contributed by atoms with Gasteiger partial charge in [0, 0.05) is 37.9 Å². The highest BCUT2D eigenvalue weighted by molar-refractivity contribution is 5.93. The molecular weight excluding hydrogens is 652 g/mol. The van der Waals surface area contributed by atoms with E-state index in [-0.39, 0.29) is 30.6 Å². The summed E-state index contributed by atoms with van der Waals surface area (Å²) in [6.45, 7) is 3.61. The summed E-state index contributed by atoms with van der Waals surface area (Å²) in [5.74, 6) is -0.0652. The number of unbranched alkanes of at least 4 members (excludes halogenated alkanes) is 2. The number of nitrogens with two attached hydrogens (primary N) is 1. The summed E-state index contributed by atoms with van der Waals surface area (Å²) in [7, 11) is 0. The van der Waals surface area contributed by atoms with Crippen LogP contribution in [-0.4, -0.2) is 47.6 Å². The third-order valence-corrected chi connectivity index (χ3v) is 10.0. The maximum absolute atomic E-state index is 12.6. The number of nitrogens with one attached hydrogen (secondary N) is 2. The van der Waals surface area contributed by atoms with Crippen molar-refractivity contribution in [2.24, 2.45) is 0 Å². The van der Waals surface area contributed by atoms with E-state index >= 15 is 0 Å². The van der Waals surface area contributed by atoms with E-state index in [2.05, 4.69) is 64.1 Å². The molecule has 0 radical (unpaired) electrons. The number of benzene rings is 4. The van der Waals surface area contributed by atoms with Crippen LogP contribution in [0.2, 0.25) is 0 Å². The van der Waals surface area contributed by atoms with Crippen molar-refractivity contribution in [2.45, 2.75) is 89.4 Å². The Kier molecular flexibility index (Phi) is 13.5. The van der Waals surface area contributed by atoms with Gasteiger partial charge < -0.3 is 35.8 Å². The summed E-state index contributed by atoms with van der Waals surface area (Å²) in [6, 6.07) is 31.9. The van der Waals surface area contributed by atoms with Crippen LogP contribution in [0.15, 0.2) is 97.1 Å². The zero-order valence-electron chi connectivity index (χ0n) is 30.0. The molecule has 0 unspecified atom stereocenters. The van der Waals surface area contributed by atoms with Gasteiger partial charge in [-0.25, -0.2) is 0 Å². The Morgan fingerprint density at radius 2 is 1.48 bits per heavy atom. The number of nitrogen functional groups attached to an aromatic ring is 1. The molecule has 0 aromatic heterocycles. The standard InChI is InChI=1S/C43H52N4O5/c44-38-12-5-6-13-39(38)46-42(50)15-4-1-3-14-41(49)45-28-32-10-9-11-36(26-32)33-20-22-35(23-21-33)43-51-37(29-47-24-7-2-8-25-47)27-40(52-43)34-18-16-31(30-48)17-19-34/h5-6,9-13,16-23,26,37,40,43,48H,1-4,7-8,14-15,24-25,27-30,44H2,(H,45,49)(H,46,50)/t37-,40+,43+/m1/s1. The fourth-order valence-electron chi connectivity index (χ4n) is 7.02. The third kappa shape index (κ3) is 10.7. The first-order valence-electron chi connectivity index (χ1n) is 18.8. The number of amides is 2. The third-order valence-electron chi connectivity index (χ3n) is 10.0. The van der Waals surface area contributed by atoms with Crippen molar-refractivity contribution in [1.82, 2.24) is 10.2 Å². The van der Waals surface area contributed by atoms with Crippen LogP contribution in [0.4, 0.5) is 11.4 Å². The van der Waals surface area contributed by atoms with E-state index in [1.165, 1.54) is 19.3 Å². The molecule has 0 aliphatic carbocycles. The summed E-state index contributed by atoms with van der Waals surface area (Å²) in [5, 5.41) is 15.4. The van der Waals surface area contributed by atoms with Crippen LogP contribution in [0.25, 0.3) is 11.1 Å². The van der Waals surface area contributed by atoms with Crippen LogP contribution in [0.5, 0.6) is 0 Å². The number of nitrogens with zero attached hydrogens (tertiary/aromatic N) is 1. The SMILES string of the molecule is Nc1ccccc1NC(=O)CCCCCC(=O)NCc1cccc(-c2ccc([C@H]3O[C@@H](CN4CCCCC4)C[C@@H](c4ccc(CO)cc4)O3)cc2)c1. The minimum Gasteiger partial charge on any atom is -0.397 e. The summed E-state index contributed by atoms with van der Waals surface area (Å²) in [5.41, 5.74) is 13.2. The molecule has 9 nitrogen and oxygen atoms in total. The largest absolute Gasteiger partial charge is 0.397 e. The highest BCUT2D eigenvalue weighted by Gasteiger charge is 2.33. The maximum atomic E-state index is 12.6. The van der Waals surface area contributed by atoms with Crippen LogP contribution in [0, 0.1) is 0 Å². The van der Waals surface area contributed by atoms with Gasteiger partial charge in [-0.05, 0) is 84.8 Å². The normalized spacial score (nSPS) is 19.2. The number of anilines is 2. The molecule has 4 aromatic carbocycles. The van der Waals surface area contributed by atoms with Crippen LogP contribution >= 0.6 is 0 Å². The lowest BCUT2D eigenvalue weighted by Gasteiger charge is -2.39. The van der Waals surface area contributed by atoms with Gasteiger partial charge in [0.05, 0.1) is 30.2 Å². The van der Waals surface area contributed by atoms with E-state index in [4.69, 9.17) is 15.2 Å². The highest BCUT2D eigenvalue weighted by atomic mass is 16.7. The molecule has 2 aliphatic rings. The molecule has 6 rings (SSSR count). The second kappa shape index (κ2) is 18.8. The maximum Gasteiger partial charge on any atom is 0.224 e. The van der Waals surface area contributed by atoms with E-state index in [9.17, 15) is 14.7 Å². The Bertz CT molecular complexity index is 1740. The first-order valence-corrected chi connectivity index (χ1v) is 18.8. The van der Waals surface area contributed by atoms with Crippen molar-refractivity contribution >= 4 is 23.2 Å². The number of aliphatic hydroxyl groups excluding tert-OH is 1. The van der Waals surface area contributed by atoms with E-state index in [0.717, 1.165) is 72.3 Å². The average Bonchev–Trinajstić information content (AvgIpc) is 3.18. The summed E-state index contributed by atoms with van der Waals surface area (Å²) in [6.07, 6.45) is 7.10. The molecule has 3 atom stereocenters. The Morgan fingerprint density at radius 3 is 2.23 bits per heavy atom. The van der Waals surface area contributed by atoms with Crippen molar-refractivity contribution in [1.29, 1.82) is 0 Å². The molecule has 2 amide bonds. The van der Waals surface area contributed by atoms with Gasteiger partial charge in [0.1, 0.15) is 0 Å². The van der Waals surface area contributed by atoms with Crippen LogP contribution < -0.4 is 16.4 Å². The second-order valence-electron chi connectivity index (χ2n) is 14.0. The molecule has 5 N–H and O–H groups in total. The Labute approximate surface area is 307 Å². The van der Waals surface area contributed by atoms with Gasteiger partial charge >= 0.3 is 0 Å². The Morgan fingerprint density at radius 1 is 0.750 bits per heavy atom. The van der Waals surface area contributed by atoms with E-state index < -0.39 is 6.29 Å². The lowest BCUT2D eigenvalue weighted by Crippen LogP contribution is -2.41. The molecule has 52 heavy (non-hydrogen) atoms. The summed E-state index contributed by atoms with van der Waals surface area (Å²) < 4.78 is 13.2. The van der Waals surface area contributed by atoms with E-state index in [1.54, 1.807) is 12.1 Å². The molecule has 0 spiro atoms. The number of carbonyl (C=O) groups is 2. The van der Waals surface area contributed by atoms with Gasteiger partial charge in [0.15, 0.2) is 6.29 Å². The predicted octanol–water partition coefficient (Wildman–Crippen LogP) is 7.66. The lowest BCUT2D eigenvalue weighted by atomic mass is 9.98. The quantitative estimate of drug-likeness (QED) is 0.0740. The topological polar surface area (TPSA) is 126 Å².